The first-order valence-corrected chi connectivity index (χ1v) is 7.50. The van der Waals surface area contributed by atoms with Crippen molar-refractivity contribution in [2.75, 3.05) is 6.54 Å². The van der Waals surface area contributed by atoms with E-state index in [1.54, 1.807) is 0 Å². The number of hydrogen-bond donors (Lipinski definition) is 1. The van der Waals surface area contributed by atoms with Gasteiger partial charge in [-0.2, -0.15) is 0 Å². The molecule has 1 N–H and O–H groups in total. The molecule has 1 aromatic rings. The lowest BCUT2D eigenvalue weighted by molar-refractivity contribution is 0.264. The van der Waals surface area contributed by atoms with E-state index in [9.17, 15) is 0 Å². The lowest BCUT2D eigenvalue weighted by atomic mass is 9.80. The third-order valence-electron chi connectivity index (χ3n) is 4.44. The molecule has 0 spiro atoms. The monoisotopic (exact) mass is 245 g/mol. The molecule has 18 heavy (non-hydrogen) atoms. The number of benzene rings is 1. The molecule has 0 amide bonds. The predicted octanol–water partition coefficient (Wildman–Crippen LogP) is 4.01. The van der Waals surface area contributed by atoms with Gasteiger partial charge in [0.05, 0.1) is 0 Å². The summed E-state index contributed by atoms with van der Waals surface area (Å²) in [4.78, 5) is 0. The quantitative estimate of drug-likeness (QED) is 0.845. The Kier molecular flexibility index (Phi) is 4.82. The standard InChI is InChI=1S/C17H27N/c1-4-18-17-8-6-5-7-16(17)12-15-10-9-13(2)14(3)11-15/h9-11,16-18H,4-8,12H2,1-3H3. The average molecular weight is 245 g/mol. The first-order valence-electron chi connectivity index (χ1n) is 7.50. The molecule has 0 aliphatic heterocycles. The number of nitrogens with one attached hydrogen (secondary N) is 1. The highest BCUT2D eigenvalue weighted by Gasteiger charge is 2.24. The molecule has 2 rings (SSSR count). The van der Waals surface area contributed by atoms with Crippen molar-refractivity contribution >= 4 is 0 Å². The predicted molar refractivity (Wildman–Crippen MR) is 79.0 cm³/mol. The highest BCUT2D eigenvalue weighted by molar-refractivity contribution is 5.30. The molecule has 100 valence electrons. The van der Waals surface area contributed by atoms with Crippen molar-refractivity contribution in [1.82, 2.24) is 5.32 Å². The normalized spacial score (nSPS) is 24.2. The summed E-state index contributed by atoms with van der Waals surface area (Å²) in [6.07, 6.45) is 6.82. The van der Waals surface area contributed by atoms with Crippen LogP contribution in [0.1, 0.15) is 49.3 Å². The molecule has 1 fully saturated rings. The zero-order chi connectivity index (χ0) is 13.0. The van der Waals surface area contributed by atoms with Crippen molar-refractivity contribution in [2.45, 2.75) is 58.9 Å². The Hall–Kier alpha value is -0.820. The number of aryl methyl sites for hydroxylation is 2. The van der Waals surface area contributed by atoms with E-state index in [1.807, 2.05) is 0 Å². The second-order valence-electron chi connectivity index (χ2n) is 5.83. The second-order valence-corrected chi connectivity index (χ2v) is 5.83. The van der Waals surface area contributed by atoms with Gasteiger partial charge in [-0.3, -0.25) is 0 Å². The zero-order valence-corrected chi connectivity index (χ0v) is 12.1. The molecular formula is C17H27N. The van der Waals surface area contributed by atoms with Gasteiger partial charge in [0.2, 0.25) is 0 Å². The van der Waals surface area contributed by atoms with Gasteiger partial charge in [-0.1, -0.05) is 38.0 Å². The van der Waals surface area contributed by atoms with Crippen LogP contribution in [-0.4, -0.2) is 12.6 Å². The summed E-state index contributed by atoms with van der Waals surface area (Å²) in [5.74, 6) is 0.834. The van der Waals surface area contributed by atoms with Crippen molar-refractivity contribution in [3.05, 3.63) is 34.9 Å². The maximum atomic E-state index is 3.68. The molecule has 0 saturated heterocycles. The summed E-state index contributed by atoms with van der Waals surface area (Å²) in [6.45, 7) is 7.75. The van der Waals surface area contributed by atoms with Crippen LogP contribution in [0.5, 0.6) is 0 Å². The fraction of sp³-hybridized carbons (Fsp3) is 0.647. The minimum atomic E-state index is 0.741. The van der Waals surface area contributed by atoms with Crippen LogP contribution in [0.2, 0.25) is 0 Å². The van der Waals surface area contributed by atoms with Crippen molar-refractivity contribution in [2.24, 2.45) is 5.92 Å². The Morgan fingerprint density at radius 2 is 1.89 bits per heavy atom. The molecule has 1 aromatic carbocycles. The topological polar surface area (TPSA) is 12.0 Å². The van der Waals surface area contributed by atoms with Crippen LogP contribution >= 0.6 is 0 Å². The minimum absolute atomic E-state index is 0.741. The van der Waals surface area contributed by atoms with Gasteiger partial charge in [-0.25, -0.2) is 0 Å². The molecule has 1 aliphatic rings. The van der Waals surface area contributed by atoms with Crippen LogP contribution in [-0.2, 0) is 6.42 Å². The van der Waals surface area contributed by atoms with Crippen LogP contribution in [0.4, 0.5) is 0 Å². The maximum Gasteiger partial charge on any atom is 0.00983 e. The molecule has 2 atom stereocenters. The van der Waals surface area contributed by atoms with Crippen LogP contribution in [0.3, 0.4) is 0 Å². The molecule has 2 unspecified atom stereocenters. The van der Waals surface area contributed by atoms with Crippen molar-refractivity contribution in [1.29, 1.82) is 0 Å². The molecule has 1 heteroatoms. The summed E-state index contributed by atoms with van der Waals surface area (Å²) in [5.41, 5.74) is 4.36. The highest BCUT2D eigenvalue weighted by atomic mass is 14.9. The van der Waals surface area contributed by atoms with Crippen molar-refractivity contribution in [3.8, 4) is 0 Å². The largest absolute Gasteiger partial charge is 0.314 e. The number of hydrogen-bond acceptors (Lipinski definition) is 1. The van der Waals surface area contributed by atoms with E-state index in [4.69, 9.17) is 0 Å². The van der Waals surface area contributed by atoms with Crippen LogP contribution < -0.4 is 5.32 Å². The number of rotatable bonds is 4. The third-order valence-corrected chi connectivity index (χ3v) is 4.44. The van der Waals surface area contributed by atoms with Crippen molar-refractivity contribution < 1.29 is 0 Å². The molecule has 0 bridgehead atoms. The van der Waals surface area contributed by atoms with Gasteiger partial charge in [-0.15, -0.1) is 0 Å². The van der Waals surface area contributed by atoms with Gasteiger partial charge in [0, 0.05) is 6.04 Å². The van der Waals surface area contributed by atoms with E-state index in [-0.39, 0.29) is 0 Å². The van der Waals surface area contributed by atoms with E-state index >= 15 is 0 Å². The summed E-state index contributed by atoms with van der Waals surface area (Å²) in [7, 11) is 0. The van der Waals surface area contributed by atoms with Crippen molar-refractivity contribution in [3.63, 3.8) is 0 Å². The van der Waals surface area contributed by atoms with Gasteiger partial charge < -0.3 is 5.32 Å². The second kappa shape index (κ2) is 6.38. The van der Waals surface area contributed by atoms with Gasteiger partial charge in [-0.05, 0) is 62.3 Å². The minimum Gasteiger partial charge on any atom is -0.314 e. The Labute approximate surface area is 112 Å². The molecular weight excluding hydrogens is 218 g/mol. The Bertz CT molecular complexity index is 381. The molecule has 1 saturated carbocycles. The average Bonchev–Trinajstić information content (AvgIpc) is 2.37. The first-order chi connectivity index (χ1) is 8.70. The van der Waals surface area contributed by atoms with E-state index in [1.165, 1.54) is 48.8 Å². The molecule has 0 aromatic heterocycles. The Morgan fingerprint density at radius 1 is 1.11 bits per heavy atom. The van der Waals surface area contributed by atoms with Gasteiger partial charge in [0.15, 0.2) is 0 Å². The lowest BCUT2D eigenvalue weighted by Crippen LogP contribution is -2.39. The van der Waals surface area contributed by atoms with Crippen LogP contribution in [0, 0.1) is 19.8 Å². The summed E-state index contributed by atoms with van der Waals surface area (Å²) in [6, 6.07) is 7.72. The summed E-state index contributed by atoms with van der Waals surface area (Å²) >= 11 is 0. The maximum absolute atomic E-state index is 3.68. The molecule has 0 heterocycles. The van der Waals surface area contributed by atoms with E-state index < -0.39 is 0 Å². The summed E-state index contributed by atoms with van der Waals surface area (Å²) < 4.78 is 0. The third kappa shape index (κ3) is 3.35. The summed E-state index contributed by atoms with van der Waals surface area (Å²) in [5, 5.41) is 3.68. The SMILES string of the molecule is CCNC1CCCCC1Cc1ccc(C)c(C)c1. The van der Waals surface area contributed by atoms with Crippen LogP contribution in [0.15, 0.2) is 18.2 Å². The zero-order valence-electron chi connectivity index (χ0n) is 12.1. The Morgan fingerprint density at radius 3 is 2.61 bits per heavy atom. The van der Waals surface area contributed by atoms with Crippen LogP contribution in [0.25, 0.3) is 0 Å². The van der Waals surface area contributed by atoms with Gasteiger partial charge in [0.25, 0.3) is 0 Å². The smallest absolute Gasteiger partial charge is 0.00983 e. The first kappa shape index (κ1) is 13.6. The molecule has 0 radical (unpaired) electrons. The molecule has 1 nitrogen and oxygen atoms in total. The van der Waals surface area contributed by atoms with E-state index in [0.29, 0.717) is 0 Å². The van der Waals surface area contributed by atoms with E-state index in [2.05, 4.69) is 44.3 Å². The molecule has 1 aliphatic carbocycles. The fourth-order valence-electron chi connectivity index (χ4n) is 3.22. The van der Waals surface area contributed by atoms with Gasteiger partial charge in [0.1, 0.15) is 0 Å². The lowest BCUT2D eigenvalue weighted by Gasteiger charge is -2.32. The van der Waals surface area contributed by atoms with Gasteiger partial charge >= 0.3 is 0 Å². The van der Waals surface area contributed by atoms with E-state index in [0.717, 1.165) is 18.5 Å². The highest BCUT2D eigenvalue weighted by Crippen LogP contribution is 2.28. The fourth-order valence-corrected chi connectivity index (χ4v) is 3.22. The Balaban J connectivity index is 2.03.